The number of nitrogens with zero attached hydrogens (tertiary/aromatic N) is 1. The van der Waals surface area contributed by atoms with E-state index in [1.54, 1.807) is 60.7 Å². The Morgan fingerprint density at radius 2 is 1.43 bits per heavy atom. The van der Waals surface area contributed by atoms with Crippen molar-refractivity contribution in [2.45, 2.75) is 36.5 Å². The van der Waals surface area contributed by atoms with Crippen LogP contribution in [0.15, 0.2) is 97.2 Å². The summed E-state index contributed by atoms with van der Waals surface area (Å²) >= 11 is 0. The van der Waals surface area contributed by atoms with Crippen LogP contribution in [0.2, 0.25) is 0 Å². The van der Waals surface area contributed by atoms with Crippen LogP contribution in [-0.2, 0) is 33.1 Å². The third-order valence-corrected chi connectivity index (χ3v) is 7.23. The van der Waals surface area contributed by atoms with E-state index in [2.05, 4.69) is 4.98 Å². The maximum atomic E-state index is 14.9. The van der Waals surface area contributed by atoms with Gasteiger partial charge in [0.15, 0.2) is 5.60 Å². The number of ether oxygens (including phenoxy) is 1. The smallest absolute Gasteiger partial charge is 0.367 e. The molecule has 40 heavy (non-hydrogen) atoms. The summed E-state index contributed by atoms with van der Waals surface area (Å²) in [5.41, 5.74) is 2.87. The number of amides is 1. The molecule has 1 amide bonds. The molecule has 4 aromatic rings. The van der Waals surface area contributed by atoms with Crippen LogP contribution in [-0.4, -0.2) is 18.0 Å². The molecule has 9 heteroatoms. The number of halogens is 5. The van der Waals surface area contributed by atoms with Crippen LogP contribution in [0, 0.1) is 11.6 Å². The zero-order valence-corrected chi connectivity index (χ0v) is 21.6. The van der Waals surface area contributed by atoms with Crippen LogP contribution in [0.4, 0.5) is 22.0 Å². The highest BCUT2D eigenvalue weighted by Crippen LogP contribution is 2.45. The molecule has 4 rings (SSSR count). The summed E-state index contributed by atoms with van der Waals surface area (Å²) in [6.45, 7) is 0. The van der Waals surface area contributed by atoms with E-state index >= 15 is 0 Å². The standard InChI is InChI=1S/C31H27F5N2O2/c1-40-30(28(37)39,22-10-6-3-7-11-22)15-14-29(19-21-8-4-2-5-9-21,27-13-12-25(32)20-38-27)23-16-24(31(34,35)36)18-26(33)17-23/h2-13,16-18,20H,14-15,19H2,1H3,(H2,37,39)/t29-,30?/m0/s1. The van der Waals surface area contributed by atoms with Crippen LogP contribution in [0.3, 0.4) is 0 Å². The van der Waals surface area contributed by atoms with Crippen molar-refractivity contribution in [1.29, 1.82) is 0 Å². The average molecular weight is 555 g/mol. The molecule has 0 radical (unpaired) electrons. The lowest BCUT2D eigenvalue weighted by atomic mass is 9.67. The molecule has 1 unspecified atom stereocenters. The molecule has 1 heterocycles. The van der Waals surface area contributed by atoms with Gasteiger partial charge < -0.3 is 10.5 Å². The maximum Gasteiger partial charge on any atom is 0.416 e. The second kappa shape index (κ2) is 11.6. The van der Waals surface area contributed by atoms with E-state index in [0.29, 0.717) is 17.2 Å². The molecule has 0 aliphatic rings. The number of carbonyl (C=O) groups is 1. The fourth-order valence-electron chi connectivity index (χ4n) is 5.16. The number of nitrogens with two attached hydrogens (primary N) is 1. The molecule has 0 aliphatic heterocycles. The number of aromatic nitrogens is 1. The summed E-state index contributed by atoms with van der Waals surface area (Å²) in [5.74, 6) is -2.56. The Labute approximate surface area is 228 Å². The molecule has 3 aromatic carbocycles. The van der Waals surface area contributed by atoms with Crippen molar-refractivity contribution >= 4 is 5.91 Å². The molecule has 1 aromatic heterocycles. The molecule has 208 valence electrons. The van der Waals surface area contributed by atoms with Crippen molar-refractivity contribution in [2.75, 3.05) is 7.11 Å². The number of benzene rings is 3. The van der Waals surface area contributed by atoms with Crippen LogP contribution in [0.1, 0.15) is 40.8 Å². The molecular formula is C31H27F5N2O2. The first-order valence-corrected chi connectivity index (χ1v) is 12.4. The van der Waals surface area contributed by atoms with Gasteiger partial charge in [-0.3, -0.25) is 9.78 Å². The second-order valence-electron chi connectivity index (χ2n) is 9.59. The average Bonchev–Trinajstić information content (AvgIpc) is 2.93. The normalized spacial score (nSPS) is 14.8. The van der Waals surface area contributed by atoms with Crippen molar-refractivity contribution in [2.24, 2.45) is 5.73 Å². The lowest BCUT2D eigenvalue weighted by Crippen LogP contribution is -2.45. The highest BCUT2D eigenvalue weighted by atomic mass is 19.4. The first-order valence-electron chi connectivity index (χ1n) is 12.4. The topological polar surface area (TPSA) is 65.2 Å². The highest BCUT2D eigenvalue weighted by Gasteiger charge is 2.45. The van der Waals surface area contributed by atoms with Gasteiger partial charge in [-0.25, -0.2) is 8.78 Å². The van der Waals surface area contributed by atoms with Crippen LogP contribution >= 0.6 is 0 Å². The van der Waals surface area contributed by atoms with Gasteiger partial charge in [0.25, 0.3) is 5.91 Å². The number of alkyl halides is 3. The molecule has 0 fully saturated rings. The summed E-state index contributed by atoms with van der Waals surface area (Å²) in [6.07, 6.45) is -3.99. The van der Waals surface area contributed by atoms with Gasteiger partial charge in [0.2, 0.25) is 0 Å². The van der Waals surface area contributed by atoms with E-state index in [-0.39, 0.29) is 30.5 Å². The van der Waals surface area contributed by atoms with Crippen LogP contribution < -0.4 is 5.73 Å². The Morgan fingerprint density at radius 1 is 0.800 bits per heavy atom. The number of hydrogen-bond acceptors (Lipinski definition) is 3. The second-order valence-corrected chi connectivity index (χ2v) is 9.59. The summed E-state index contributed by atoms with van der Waals surface area (Å²) in [7, 11) is 1.32. The van der Waals surface area contributed by atoms with Gasteiger partial charge in [-0.15, -0.1) is 0 Å². The van der Waals surface area contributed by atoms with Gasteiger partial charge in [0.1, 0.15) is 11.6 Å². The van der Waals surface area contributed by atoms with E-state index in [9.17, 15) is 26.7 Å². The quantitative estimate of drug-likeness (QED) is 0.222. The van der Waals surface area contributed by atoms with Crippen molar-refractivity contribution < 1.29 is 31.5 Å². The predicted molar refractivity (Wildman–Crippen MR) is 140 cm³/mol. The number of rotatable bonds is 10. The summed E-state index contributed by atoms with van der Waals surface area (Å²) in [6, 6.07) is 22.1. The van der Waals surface area contributed by atoms with Gasteiger partial charge in [0, 0.05) is 12.5 Å². The van der Waals surface area contributed by atoms with E-state index in [4.69, 9.17) is 10.5 Å². The van der Waals surface area contributed by atoms with Crippen molar-refractivity contribution in [3.05, 3.63) is 137 Å². The molecule has 0 saturated carbocycles. The van der Waals surface area contributed by atoms with Crippen molar-refractivity contribution in [1.82, 2.24) is 4.98 Å². The largest absolute Gasteiger partial charge is 0.416 e. The summed E-state index contributed by atoms with van der Waals surface area (Å²) in [5, 5.41) is 0. The Morgan fingerprint density at radius 3 is 1.98 bits per heavy atom. The van der Waals surface area contributed by atoms with Gasteiger partial charge in [0.05, 0.1) is 17.5 Å². The first kappa shape index (κ1) is 28.9. The van der Waals surface area contributed by atoms with Gasteiger partial charge in [-0.05, 0) is 66.3 Å². The Balaban J connectivity index is 1.98. The lowest BCUT2D eigenvalue weighted by molar-refractivity contribution is -0.142. The number of primary amides is 1. The summed E-state index contributed by atoms with van der Waals surface area (Å²) < 4.78 is 76.2. The van der Waals surface area contributed by atoms with Crippen LogP contribution in [0.5, 0.6) is 0 Å². The number of methoxy groups -OCH3 is 1. The molecule has 0 bridgehead atoms. The predicted octanol–water partition coefficient (Wildman–Crippen LogP) is 6.71. The molecule has 0 spiro atoms. The molecule has 4 nitrogen and oxygen atoms in total. The van der Waals surface area contributed by atoms with Gasteiger partial charge in [-0.1, -0.05) is 60.7 Å². The SMILES string of the molecule is COC(CC[C@](Cc1ccccc1)(c1cc(F)cc(C(F)(F)F)c1)c1ccc(F)cn1)(C(N)=O)c1ccccc1. The Hall–Kier alpha value is -4.11. The van der Waals surface area contributed by atoms with Crippen LogP contribution in [0.25, 0.3) is 0 Å². The molecular weight excluding hydrogens is 527 g/mol. The monoisotopic (exact) mass is 554 g/mol. The number of carbonyl (C=O) groups excluding carboxylic acids is 1. The zero-order chi connectivity index (χ0) is 29.0. The number of hydrogen-bond donors (Lipinski definition) is 1. The Bertz CT molecular complexity index is 1450. The maximum absolute atomic E-state index is 14.9. The first-order chi connectivity index (χ1) is 19.0. The zero-order valence-electron chi connectivity index (χ0n) is 21.6. The van der Waals surface area contributed by atoms with Crippen molar-refractivity contribution in [3.8, 4) is 0 Å². The fourth-order valence-corrected chi connectivity index (χ4v) is 5.16. The van der Waals surface area contributed by atoms with E-state index in [0.717, 1.165) is 24.4 Å². The minimum atomic E-state index is -4.83. The molecule has 2 atom stereocenters. The lowest BCUT2D eigenvalue weighted by Gasteiger charge is -2.39. The molecule has 0 saturated heterocycles. The fraction of sp³-hybridized carbons (Fsp3) is 0.226. The van der Waals surface area contributed by atoms with E-state index in [1.165, 1.54) is 13.2 Å². The molecule has 0 aliphatic carbocycles. The molecule has 2 N–H and O–H groups in total. The van der Waals surface area contributed by atoms with E-state index in [1.807, 2.05) is 0 Å². The van der Waals surface area contributed by atoms with E-state index < -0.39 is 40.3 Å². The minimum absolute atomic E-state index is 0.0367. The minimum Gasteiger partial charge on any atom is -0.367 e. The Kier molecular flexibility index (Phi) is 8.34. The number of pyridine rings is 1. The van der Waals surface area contributed by atoms with Crippen molar-refractivity contribution in [3.63, 3.8) is 0 Å². The summed E-state index contributed by atoms with van der Waals surface area (Å²) in [4.78, 5) is 17.2. The third-order valence-electron chi connectivity index (χ3n) is 7.23. The third kappa shape index (κ3) is 5.89. The van der Waals surface area contributed by atoms with Gasteiger partial charge >= 0.3 is 6.18 Å². The van der Waals surface area contributed by atoms with Gasteiger partial charge in [-0.2, -0.15) is 13.2 Å². The highest BCUT2D eigenvalue weighted by molar-refractivity contribution is 5.85.